The minimum absolute atomic E-state index is 0.156. The van der Waals surface area contributed by atoms with Crippen LogP contribution in [0.2, 0.25) is 0 Å². The van der Waals surface area contributed by atoms with E-state index in [9.17, 15) is 13.2 Å². The molecule has 1 aliphatic rings. The Balaban J connectivity index is 2.48. The Hall–Kier alpha value is -0.330. The molecule has 0 aromatic carbocycles. The van der Waals surface area contributed by atoms with E-state index >= 15 is 0 Å². The summed E-state index contributed by atoms with van der Waals surface area (Å²) in [4.78, 5) is 4.73. The van der Waals surface area contributed by atoms with E-state index < -0.39 is 12.6 Å². The summed E-state index contributed by atoms with van der Waals surface area (Å²) in [6, 6.07) is 0.571. The van der Waals surface area contributed by atoms with Gasteiger partial charge in [-0.25, -0.2) is 0 Å². The average molecular weight is 309 g/mol. The van der Waals surface area contributed by atoms with Crippen molar-refractivity contribution in [1.82, 2.24) is 9.80 Å². The van der Waals surface area contributed by atoms with Gasteiger partial charge in [0, 0.05) is 50.7 Å². The molecule has 126 valence electrons. The monoisotopic (exact) mass is 309 g/mol. The lowest BCUT2D eigenvalue weighted by atomic mass is 9.91. The van der Waals surface area contributed by atoms with Crippen LogP contribution in [0.5, 0.6) is 0 Å². The lowest BCUT2D eigenvalue weighted by Gasteiger charge is -2.47. The molecule has 0 aromatic heterocycles. The van der Waals surface area contributed by atoms with Gasteiger partial charge in [0.15, 0.2) is 0 Å². The molecule has 0 aliphatic carbocycles. The highest BCUT2D eigenvalue weighted by atomic mass is 19.4. The van der Waals surface area contributed by atoms with Crippen LogP contribution in [0.15, 0.2) is 0 Å². The summed E-state index contributed by atoms with van der Waals surface area (Å²) < 4.78 is 36.9. The third kappa shape index (κ3) is 5.75. The molecule has 0 amide bonds. The zero-order valence-corrected chi connectivity index (χ0v) is 13.5. The van der Waals surface area contributed by atoms with Crippen LogP contribution in [0.1, 0.15) is 46.5 Å². The van der Waals surface area contributed by atoms with E-state index in [0.29, 0.717) is 19.0 Å². The SMILES string of the molecule is CCC(C)N1CCN(C(C)(CN)CCCC(F)(F)F)CC1. The van der Waals surface area contributed by atoms with Gasteiger partial charge >= 0.3 is 6.18 Å². The largest absolute Gasteiger partial charge is 0.389 e. The Morgan fingerprint density at radius 2 is 1.67 bits per heavy atom. The fraction of sp³-hybridized carbons (Fsp3) is 1.00. The molecule has 0 saturated carbocycles. The first-order valence-corrected chi connectivity index (χ1v) is 7.98. The minimum Gasteiger partial charge on any atom is -0.329 e. The van der Waals surface area contributed by atoms with Crippen molar-refractivity contribution in [3.63, 3.8) is 0 Å². The second-order valence-corrected chi connectivity index (χ2v) is 6.45. The maximum atomic E-state index is 12.3. The van der Waals surface area contributed by atoms with Gasteiger partial charge in [0.25, 0.3) is 0 Å². The summed E-state index contributed by atoms with van der Waals surface area (Å²) in [6.07, 6.45) is -2.99. The van der Waals surface area contributed by atoms with Crippen LogP contribution in [0.4, 0.5) is 13.2 Å². The molecule has 3 nitrogen and oxygen atoms in total. The number of nitrogens with two attached hydrogens (primary N) is 1. The number of hydrogen-bond donors (Lipinski definition) is 1. The summed E-state index contributed by atoms with van der Waals surface area (Å²) in [5.41, 5.74) is 5.56. The summed E-state index contributed by atoms with van der Waals surface area (Å²) >= 11 is 0. The molecule has 2 atom stereocenters. The van der Waals surface area contributed by atoms with E-state index in [2.05, 4.69) is 23.6 Å². The highest BCUT2D eigenvalue weighted by molar-refractivity contribution is 4.91. The Bertz CT molecular complexity index is 301. The van der Waals surface area contributed by atoms with Crippen molar-refractivity contribution in [1.29, 1.82) is 0 Å². The number of piperazine rings is 1. The molecule has 2 unspecified atom stereocenters. The molecule has 1 saturated heterocycles. The molecule has 0 spiro atoms. The van der Waals surface area contributed by atoms with Gasteiger partial charge in [0.2, 0.25) is 0 Å². The minimum atomic E-state index is -4.06. The van der Waals surface area contributed by atoms with Gasteiger partial charge in [-0.2, -0.15) is 13.2 Å². The lowest BCUT2D eigenvalue weighted by molar-refractivity contribution is -0.137. The fourth-order valence-electron chi connectivity index (χ4n) is 3.02. The molecule has 1 rings (SSSR count). The van der Waals surface area contributed by atoms with Crippen LogP contribution in [-0.2, 0) is 0 Å². The van der Waals surface area contributed by atoms with Crippen LogP contribution in [0.25, 0.3) is 0 Å². The van der Waals surface area contributed by atoms with E-state index in [4.69, 9.17) is 5.73 Å². The van der Waals surface area contributed by atoms with Crippen LogP contribution < -0.4 is 5.73 Å². The number of halogens is 3. The maximum absolute atomic E-state index is 12.3. The van der Waals surface area contributed by atoms with Crippen LogP contribution in [-0.4, -0.2) is 60.3 Å². The zero-order valence-electron chi connectivity index (χ0n) is 13.5. The fourth-order valence-corrected chi connectivity index (χ4v) is 3.02. The first-order chi connectivity index (χ1) is 9.72. The molecule has 6 heteroatoms. The summed E-state index contributed by atoms with van der Waals surface area (Å²) in [7, 11) is 0. The van der Waals surface area contributed by atoms with Crippen molar-refractivity contribution in [3.8, 4) is 0 Å². The Kier molecular flexibility index (Phi) is 6.94. The third-order valence-electron chi connectivity index (χ3n) is 4.91. The predicted molar refractivity (Wildman–Crippen MR) is 80.3 cm³/mol. The summed E-state index contributed by atoms with van der Waals surface area (Å²) in [5, 5.41) is 0. The van der Waals surface area contributed by atoms with E-state index in [1.165, 1.54) is 0 Å². The molecule has 0 radical (unpaired) electrons. The summed E-state index contributed by atoms with van der Waals surface area (Å²) in [5.74, 6) is 0. The first kappa shape index (κ1) is 18.7. The normalized spacial score (nSPS) is 23.0. The molecule has 0 aromatic rings. The molecule has 1 aliphatic heterocycles. The highest BCUT2D eigenvalue weighted by Gasteiger charge is 2.35. The smallest absolute Gasteiger partial charge is 0.329 e. The van der Waals surface area contributed by atoms with Crippen molar-refractivity contribution in [2.75, 3.05) is 32.7 Å². The predicted octanol–water partition coefficient (Wildman–Crippen LogP) is 2.85. The van der Waals surface area contributed by atoms with Gasteiger partial charge in [-0.1, -0.05) is 6.92 Å². The number of alkyl halides is 3. The number of rotatable bonds is 7. The van der Waals surface area contributed by atoms with E-state index in [1.54, 1.807) is 0 Å². The van der Waals surface area contributed by atoms with Crippen LogP contribution >= 0.6 is 0 Å². The molecule has 0 bridgehead atoms. The van der Waals surface area contributed by atoms with E-state index in [0.717, 1.165) is 32.6 Å². The van der Waals surface area contributed by atoms with Gasteiger partial charge in [-0.3, -0.25) is 9.80 Å². The van der Waals surface area contributed by atoms with E-state index in [-0.39, 0.29) is 12.0 Å². The molecule has 1 fully saturated rings. The number of hydrogen-bond acceptors (Lipinski definition) is 3. The molecule has 21 heavy (non-hydrogen) atoms. The standard InChI is InChI=1S/C15H30F3N3/c1-4-13(2)20-8-10-21(11-9-20)14(3,12-19)6-5-7-15(16,17)18/h13H,4-12,19H2,1-3H3. The lowest BCUT2D eigenvalue weighted by Crippen LogP contribution is -2.59. The second-order valence-electron chi connectivity index (χ2n) is 6.45. The van der Waals surface area contributed by atoms with E-state index in [1.807, 2.05) is 6.92 Å². The van der Waals surface area contributed by atoms with Crippen LogP contribution in [0, 0.1) is 0 Å². The third-order valence-corrected chi connectivity index (χ3v) is 4.91. The highest BCUT2D eigenvalue weighted by Crippen LogP contribution is 2.28. The topological polar surface area (TPSA) is 32.5 Å². The van der Waals surface area contributed by atoms with Crippen molar-refractivity contribution >= 4 is 0 Å². The molecular formula is C15H30F3N3. The maximum Gasteiger partial charge on any atom is 0.389 e. The van der Waals surface area contributed by atoms with Crippen molar-refractivity contribution < 1.29 is 13.2 Å². The average Bonchev–Trinajstić information content (AvgIpc) is 2.45. The second kappa shape index (κ2) is 7.79. The summed E-state index contributed by atoms with van der Waals surface area (Å²) in [6.45, 7) is 10.6. The van der Waals surface area contributed by atoms with Gasteiger partial charge in [-0.15, -0.1) is 0 Å². The Labute approximate surface area is 126 Å². The van der Waals surface area contributed by atoms with Crippen molar-refractivity contribution in [2.45, 2.75) is 64.2 Å². The van der Waals surface area contributed by atoms with Gasteiger partial charge in [0.1, 0.15) is 0 Å². The van der Waals surface area contributed by atoms with Crippen LogP contribution in [0.3, 0.4) is 0 Å². The quantitative estimate of drug-likeness (QED) is 0.785. The number of nitrogens with zero attached hydrogens (tertiary/aromatic N) is 2. The van der Waals surface area contributed by atoms with Crippen molar-refractivity contribution in [3.05, 3.63) is 0 Å². The molecular weight excluding hydrogens is 279 g/mol. The van der Waals surface area contributed by atoms with Crippen molar-refractivity contribution in [2.24, 2.45) is 5.73 Å². The zero-order chi connectivity index (χ0) is 16.1. The van der Waals surface area contributed by atoms with Gasteiger partial charge < -0.3 is 5.73 Å². The first-order valence-electron chi connectivity index (χ1n) is 7.98. The molecule has 2 N–H and O–H groups in total. The Morgan fingerprint density at radius 1 is 1.10 bits per heavy atom. The Morgan fingerprint density at radius 3 is 2.10 bits per heavy atom. The van der Waals surface area contributed by atoms with Gasteiger partial charge in [-0.05, 0) is 33.1 Å². The molecule has 1 heterocycles. The van der Waals surface area contributed by atoms with Gasteiger partial charge in [0.05, 0.1) is 0 Å².